The molecule has 0 aliphatic carbocycles. The Morgan fingerprint density at radius 3 is 1.66 bits per heavy atom. The first-order valence-corrected chi connectivity index (χ1v) is 19.3. The van der Waals surface area contributed by atoms with Crippen molar-refractivity contribution in [2.45, 2.75) is 54.3 Å². The van der Waals surface area contributed by atoms with E-state index in [1.807, 2.05) is 25.2 Å². The third kappa shape index (κ3) is 25.6. The number of nitro groups is 3. The van der Waals surface area contributed by atoms with E-state index >= 15 is 0 Å². The Morgan fingerprint density at radius 1 is 0.761 bits per heavy atom. The van der Waals surface area contributed by atoms with E-state index in [2.05, 4.69) is 23.8 Å². The first-order chi connectivity index (χ1) is 30.0. The van der Waals surface area contributed by atoms with Crippen LogP contribution < -0.4 is 44.8 Å². The Hall–Kier alpha value is -5.90. The summed E-state index contributed by atoms with van der Waals surface area (Å²) in [5.74, 6) is 1.49. The Morgan fingerprint density at radius 2 is 1.21 bits per heavy atom. The van der Waals surface area contributed by atoms with E-state index in [-0.39, 0.29) is 98.5 Å². The van der Waals surface area contributed by atoms with Gasteiger partial charge < -0.3 is 47.5 Å². The molecule has 0 bridgehead atoms. The molecule has 2 aliphatic heterocycles. The van der Waals surface area contributed by atoms with Gasteiger partial charge in [0.05, 0.1) is 26.9 Å². The van der Waals surface area contributed by atoms with Crippen LogP contribution in [0.3, 0.4) is 0 Å². The number of fused-ring (bicyclic) bond motifs is 2. The van der Waals surface area contributed by atoms with Crippen LogP contribution in [0.25, 0.3) is 0 Å². The van der Waals surface area contributed by atoms with Gasteiger partial charge in [-0.3, -0.25) is 49.8 Å². The molecule has 0 amide bonds. The summed E-state index contributed by atoms with van der Waals surface area (Å²) in [6.45, 7) is 12.7. The number of rotatable bonds is 10. The number of non-ortho nitro benzene ring substituents is 3. The molecule has 4 aromatic carbocycles. The molecule has 2 heterocycles. The van der Waals surface area contributed by atoms with Crippen LogP contribution in [-0.2, 0) is 19.6 Å². The molecule has 0 atom stereocenters. The second kappa shape index (κ2) is 37.2. The normalized spacial score (nSPS) is 11.9. The van der Waals surface area contributed by atoms with E-state index in [0.717, 1.165) is 80.0 Å². The molecule has 0 fully saturated rings. The molecule has 6 rings (SSSR count). The summed E-state index contributed by atoms with van der Waals surface area (Å²) >= 11 is 0. The van der Waals surface area contributed by atoms with Gasteiger partial charge in [-0.05, 0) is 64.0 Å². The molecule has 23 heteroatoms. The minimum absolute atomic E-state index is 0. The van der Waals surface area contributed by atoms with Gasteiger partial charge in [0.25, 0.3) is 17.1 Å². The number of nitrogens with two attached hydrogens (primary N) is 1. The monoisotopic (exact) mass is 945 g/mol. The summed E-state index contributed by atoms with van der Waals surface area (Å²) in [7, 11) is 5.81. The van der Waals surface area contributed by atoms with Crippen LogP contribution in [0.2, 0.25) is 0 Å². The fraction of sp³-hybridized carbons (Fsp3) is 0.409. The zero-order valence-corrected chi connectivity index (χ0v) is 39.2. The van der Waals surface area contributed by atoms with Crippen LogP contribution in [0.15, 0.2) is 72.8 Å². The third-order valence-corrected chi connectivity index (χ3v) is 8.74. The molecule has 67 heavy (non-hydrogen) atoms. The Balaban J connectivity index is -0.000000371. The van der Waals surface area contributed by atoms with Gasteiger partial charge in [0.1, 0.15) is 36.2 Å². The SMILES string of the molecule is C.C.CCCCO.CN(CCO)Cc1cc([N+](=O)[O-])ccc1O.CN1CCOc2ccc(N)cc2C1.CN1CCOc2ccc([N+](=O)[O-])cc2C1.O=Cc1cc([N+](=O)[O-])ccc1O.[B].[C-]#N.[Na+]. The van der Waals surface area contributed by atoms with Gasteiger partial charge in [-0.25, -0.2) is 0 Å². The van der Waals surface area contributed by atoms with Gasteiger partial charge in [0.2, 0.25) is 0 Å². The number of carbonyl (C=O) groups excluding carboxylic acids is 1. The maximum absolute atomic E-state index is 10.6. The number of carbonyl (C=O) groups is 1. The van der Waals surface area contributed by atoms with E-state index in [9.17, 15) is 40.2 Å². The smallest absolute Gasteiger partial charge is 0.512 e. The van der Waals surface area contributed by atoms with Crippen LogP contribution in [-0.4, -0.2) is 132 Å². The molecule has 0 unspecified atom stereocenters. The van der Waals surface area contributed by atoms with Gasteiger partial charge in [-0.2, -0.15) is 0 Å². The second-order valence-corrected chi connectivity index (χ2v) is 13.8. The summed E-state index contributed by atoms with van der Waals surface area (Å²) in [6.07, 6.45) is 2.40. The van der Waals surface area contributed by atoms with E-state index in [1.165, 1.54) is 29.8 Å². The van der Waals surface area contributed by atoms with Crippen molar-refractivity contribution in [3.05, 3.63) is 132 Å². The summed E-state index contributed by atoms with van der Waals surface area (Å²) in [5, 5.41) is 72.9. The van der Waals surface area contributed by atoms with E-state index < -0.39 is 9.85 Å². The van der Waals surface area contributed by atoms with Crippen LogP contribution in [0.1, 0.15) is 61.7 Å². The molecule has 0 saturated heterocycles. The van der Waals surface area contributed by atoms with Crippen molar-refractivity contribution in [2.24, 2.45) is 0 Å². The Kier molecular flexibility index (Phi) is 37.6. The van der Waals surface area contributed by atoms with E-state index in [0.29, 0.717) is 44.7 Å². The van der Waals surface area contributed by atoms with Crippen LogP contribution >= 0.6 is 0 Å². The average Bonchev–Trinajstić information content (AvgIpc) is 3.56. The van der Waals surface area contributed by atoms with Crippen molar-refractivity contribution in [1.82, 2.24) is 14.7 Å². The molecule has 2 aliphatic rings. The molecule has 3 radical (unpaired) electrons. The van der Waals surface area contributed by atoms with E-state index in [1.54, 1.807) is 24.1 Å². The molecule has 0 saturated carbocycles. The van der Waals surface area contributed by atoms with Crippen molar-refractivity contribution in [3.63, 3.8) is 0 Å². The van der Waals surface area contributed by atoms with Gasteiger partial charge in [0.15, 0.2) is 6.29 Å². The van der Waals surface area contributed by atoms with Crippen LogP contribution in [0.5, 0.6) is 23.0 Å². The fourth-order valence-electron chi connectivity index (χ4n) is 5.43. The molecule has 361 valence electrons. The number of hydrogen-bond donors (Lipinski definition) is 5. The maximum atomic E-state index is 10.6. The average molecular weight is 946 g/mol. The van der Waals surface area contributed by atoms with Crippen molar-refractivity contribution in [3.8, 4) is 23.0 Å². The Labute approximate surface area is 416 Å². The number of nitrogen functional groups attached to an aromatic ring is 1. The number of anilines is 1. The second-order valence-electron chi connectivity index (χ2n) is 13.8. The number of phenolic OH excluding ortho intramolecular Hbond substituents is 2. The number of ether oxygens (including phenoxy) is 2. The quantitative estimate of drug-likeness (QED) is 0.0381. The third-order valence-electron chi connectivity index (χ3n) is 8.74. The molecule has 0 spiro atoms. The van der Waals surface area contributed by atoms with Crippen LogP contribution in [0, 0.1) is 42.2 Å². The van der Waals surface area contributed by atoms with E-state index in [4.69, 9.17) is 42.4 Å². The van der Waals surface area contributed by atoms with Crippen molar-refractivity contribution >= 4 is 37.4 Å². The largest absolute Gasteiger partial charge is 1.00 e. The number of nitro benzene ring substituents is 3. The van der Waals surface area contributed by atoms with Crippen molar-refractivity contribution in [2.75, 3.05) is 72.9 Å². The molecule has 6 N–H and O–H groups in total. The summed E-state index contributed by atoms with van der Waals surface area (Å²) < 4.78 is 11.1. The number of aromatic hydroxyl groups is 2. The van der Waals surface area contributed by atoms with Crippen molar-refractivity contribution in [1.29, 1.82) is 5.26 Å². The number of aliphatic hydroxyl groups excluding tert-OH is 2. The summed E-state index contributed by atoms with van der Waals surface area (Å²) in [6, 6.07) is 17.7. The maximum Gasteiger partial charge on any atom is 1.00 e. The summed E-state index contributed by atoms with van der Waals surface area (Å²) in [5.41, 5.74) is 8.82. The number of hydrogen-bond acceptors (Lipinski definition) is 18. The van der Waals surface area contributed by atoms with Gasteiger partial charge in [0, 0.05) is 113 Å². The molecular weight excluding hydrogens is 882 g/mol. The number of benzene rings is 4. The standard InChI is InChI=1S/C10H14N2O4.C10H12N2O3.C10H14N2O.C7H5NO4.C4H10O.CN.2CH4.B.Na/c1-11(4-5-13)7-8-6-9(12(15)16)2-3-10(8)14;1-11-4-5-15-10-3-2-9(12(13)14)6-8(10)7-11;1-12-4-5-13-10-3-2-9(11)6-8(10)7-12;9-4-5-3-6(8(11)12)1-2-7(5)10;1-2-3-4-5;1-2;;;;/h2-3,6,13-14H,4-5,7H2,1H3;2-3,6H,4-5,7H2,1H3;2-3,6H,4-5,7,11H2,1H3;1-4,10H;5H,2-4H2,1H3;;2*1H4;;/q;;;;;-1;;;;+1. The van der Waals surface area contributed by atoms with Gasteiger partial charge in [-0.15, -0.1) is 0 Å². The minimum Gasteiger partial charge on any atom is -0.512 e. The fourth-order valence-corrected chi connectivity index (χ4v) is 5.43. The topological polar surface area (TPSA) is 305 Å². The Bertz CT molecular complexity index is 2100. The predicted octanol–water partition coefficient (Wildman–Crippen LogP) is 3.12. The number of nitrogens with zero attached hydrogens (tertiary/aromatic N) is 7. The van der Waals surface area contributed by atoms with Crippen molar-refractivity contribution < 1.29 is 79.0 Å². The zero-order valence-electron chi connectivity index (χ0n) is 37.2. The molecule has 21 nitrogen and oxygen atoms in total. The predicted molar refractivity (Wildman–Crippen MR) is 252 cm³/mol. The van der Waals surface area contributed by atoms with Gasteiger partial charge >= 0.3 is 29.6 Å². The number of unbranched alkanes of at least 4 members (excludes halogenated alkanes) is 1. The molecule has 0 aromatic heterocycles. The number of aldehydes is 1. The number of aliphatic hydroxyl groups is 2. The molecular formula is C44H63BN8NaO13. The first-order valence-electron chi connectivity index (χ1n) is 19.3. The van der Waals surface area contributed by atoms with Gasteiger partial charge in [-0.1, -0.05) is 28.2 Å². The van der Waals surface area contributed by atoms with Crippen LogP contribution in [0.4, 0.5) is 22.7 Å². The summed E-state index contributed by atoms with van der Waals surface area (Å²) in [4.78, 5) is 46.1. The molecule has 4 aromatic rings. The minimum atomic E-state index is -0.633. The number of likely N-dealkylation sites (N-methyl/N-ethyl adjacent to an activating group) is 3. The first kappa shape index (κ1) is 67.7. The number of phenols is 2. The zero-order chi connectivity index (χ0) is 47.5.